The van der Waals surface area contributed by atoms with Crippen molar-refractivity contribution in [1.82, 2.24) is 4.90 Å². The standard InChI is InChI=1S/C23H22ClFN2O2/c24-20-3-1-4-21(25)19(20)15-27(18-11-12-18)23(29)13-8-16-6-9-17(10-7-16)26-14-2-5-22(26)28/h1,3-4,6-10,13,18H,2,5,11-12,14-15H2. The van der Waals surface area contributed by atoms with Crippen molar-refractivity contribution < 1.29 is 14.0 Å². The first kappa shape index (κ1) is 19.6. The fourth-order valence-electron chi connectivity index (χ4n) is 3.58. The maximum atomic E-state index is 14.1. The van der Waals surface area contributed by atoms with Crippen LogP contribution in [0.4, 0.5) is 10.1 Å². The van der Waals surface area contributed by atoms with E-state index < -0.39 is 5.82 Å². The van der Waals surface area contributed by atoms with Gasteiger partial charge in [0.05, 0.1) is 6.54 Å². The first-order valence-corrected chi connectivity index (χ1v) is 10.2. The van der Waals surface area contributed by atoms with Crippen molar-refractivity contribution >= 4 is 35.2 Å². The van der Waals surface area contributed by atoms with Crippen LogP contribution < -0.4 is 4.90 Å². The molecule has 6 heteroatoms. The molecule has 2 aromatic carbocycles. The molecule has 29 heavy (non-hydrogen) atoms. The normalized spacial score (nSPS) is 16.6. The van der Waals surface area contributed by atoms with E-state index in [1.807, 2.05) is 24.3 Å². The van der Waals surface area contributed by atoms with Gasteiger partial charge in [-0.05, 0) is 55.2 Å². The van der Waals surface area contributed by atoms with Gasteiger partial charge in [0.1, 0.15) is 5.82 Å². The number of carbonyl (C=O) groups is 2. The summed E-state index contributed by atoms with van der Waals surface area (Å²) in [6, 6.07) is 12.3. The van der Waals surface area contributed by atoms with Gasteiger partial charge in [0.15, 0.2) is 0 Å². The smallest absolute Gasteiger partial charge is 0.247 e. The van der Waals surface area contributed by atoms with Gasteiger partial charge in [0, 0.05) is 41.4 Å². The molecule has 2 amide bonds. The molecule has 1 heterocycles. The number of carbonyl (C=O) groups excluding carboxylic acids is 2. The van der Waals surface area contributed by atoms with Gasteiger partial charge >= 0.3 is 0 Å². The molecule has 1 aliphatic carbocycles. The van der Waals surface area contributed by atoms with Crippen molar-refractivity contribution in [2.45, 2.75) is 38.3 Å². The van der Waals surface area contributed by atoms with Gasteiger partial charge in [-0.2, -0.15) is 0 Å². The summed E-state index contributed by atoms with van der Waals surface area (Å²) in [5.74, 6) is -0.409. The lowest BCUT2D eigenvalue weighted by molar-refractivity contribution is -0.127. The Bertz CT molecular complexity index is 934. The number of hydrogen-bond donors (Lipinski definition) is 0. The van der Waals surface area contributed by atoms with E-state index in [4.69, 9.17) is 11.6 Å². The maximum absolute atomic E-state index is 14.1. The van der Waals surface area contributed by atoms with Crippen molar-refractivity contribution in [1.29, 1.82) is 0 Å². The highest BCUT2D eigenvalue weighted by molar-refractivity contribution is 6.31. The zero-order valence-corrected chi connectivity index (χ0v) is 16.7. The predicted molar refractivity (Wildman–Crippen MR) is 112 cm³/mol. The topological polar surface area (TPSA) is 40.6 Å². The van der Waals surface area contributed by atoms with Gasteiger partial charge in [-0.15, -0.1) is 0 Å². The SMILES string of the molecule is O=C1CCCN1c1ccc(C=CC(=O)N(Cc2c(F)cccc2Cl)C2CC2)cc1. The van der Waals surface area contributed by atoms with E-state index in [0.29, 0.717) is 17.0 Å². The molecule has 2 fully saturated rings. The van der Waals surface area contributed by atoms with Gasteiger partial charge in [0.25, 0.3) is 0 Å². The Labute approximate surface area is 174 Å². The van der Waals surface area contributed by atoms with E-state index in [-0.39, 0.29) is 24.4 Å². The summed E-state index contributed by atoms with van der Waals surface area (Å²) in [5.41, 5.74) is 2.10. The number of anilines is 1. The van der Waals surface area contributed by atoms with Crippen LogP contribution in [-0.2, 0) is 16.1 Å². The number of hydrogen-bond acceptors (Lipinski definition) is 2. The first-order chi connectivity index (χ1) is 14.0. The average molecular weight is 413 g/mol. The highest BCUT2D eigenvalue weighted by Gasteiger charge is 2.32. The average Bonchev–Trinajstić information content (AvgIpc) is 3.46. The molecule has 4 rings (SSSR count). The Morgan fingerprint density at radius 3 is 2.59 bits per heavy atom. The molecule has 0 bridgehead atoms. The van der Waals surface area contributed by atoms with Crippen LogP contribution in [0, 0.1) is 5.82 Å². The molecular formula is C23H22ClFN2O2. The number of nitrogens with zero attached hydrogens (tertiary/aromatic N) is 2. The van der Waals surface area contributed by atoms with Crippen molar-refractivity contribution in [2.24, 2.45) is 0 Å². The first-order valence-electron chi connectivity index (χ1n) is 9.85. The largest absolute Gasteiger partial charge is 0.332 e. The highest BCUT2D eigenvalue weighted by atomic mass is 35.5. The molecule has 0 radical (unpaired) electrons. The summed E-state index contributed by atoms with van der Waals surface area (Å²) in [5, 5.41) is 0.333. The van der Waals surface area contributed by atoms with E-state index >= 15 is 0 Å². The van der Waals surface area contributed by atoms with Crippen LogP contribution in [0.1, 0.15) is 36.8 Å². The lowest BCUT2D eigenvalue weighted by atomic mass is 10.1. The molecule has 2 aromatic rings. The monoisotopic (exact) mass is 412 g/mol. The lowest BCUT2D eigenvalue weighted by Crippen LogP contribution is -2.31. The molecule has 0 spiro atoms. The Hall–Kier alpha value is -2.66. The third-order valence-electron chi connectivity index (χ3n) is 5.36. The quantitative estimate of drug-likeness (QED) is 0.639. The van der Waals surface area contributed by atoms with Crippen LogP contribution in [0.2, 0.25) is 5.02 Å². The predicted octanol–water partition coefficient (Wildman–Crippen LogP) is 4.81. The Balaban J connectivity index is 1.45. The molecule has 1 aliphatic heterocycles. The molecule has 1 saturated heterocycles. The fourth-order valence-corrected chi connectivity index (χ4v) is 3.80. The summed E-state index contributed by atoms with van der Waals surface area (Å²) in [6.45, 7) is 0.914. The molecule has 0 aromatic heterocycles. The van der Waals surface area contributed by atoms with Gasteiger partial charge in [-0.3, -0.25) is 9.59 Å². The molecule has 0 atom stereocenters. The summed E-state index contributed by atoms with van der Waals surface area (Å²) in [6.07, 6.45) is 6.59. The summed E-state index contributed by atoms with van der Waals surface area (Å²) >= 11 is 6.13. The highest BCUT2D eigenvalue weighted by Crippen LogP contribution is 2.31. The third kappa shape index (κ3) is 4.51. The summed E-state index contributed by atoms with van der Waals surface area (Å²) in [7, 11) is 0. The van der Waals surface area contributed by atoms with Crippen molar-refractivity contribution in [3.8, 4) is 0 Å². The Kier molecular flexibility index (Phi) is 5.67. The van der Waals surface area contributed by atoms with Crippen molar-refractivity contribution in [2.75, 3.05) is 11.4 Å². The molecule has 4 nitrogen and oxygen atoms in total. The van der Waals surface area contributed by atoms with Crippen LogP contribution in [0.3, 0.4) is 0 Å². The van der Waals surface area contributed by atoms with E-state index in [0.717, 1.165) is 37.1 Å². The van der Waals surface area contributed by atoms with Gasteiger partial charge in [0.2, 0.25) is 11.8 Å². The van der Waals surface area contributed by atoms with Gasteiger partial charge in [-0.1, -0.05) is 29.8 Å². The van der Waals surface area contributed by atoms with E-state index in [2.05, 4.69) is 0 Å². The minimum atomic E-state index is -0.396. The van der Waals surface area contributed by atoms with E-state index in [1.165, 1.54) is 12.1 Å². The molecule has 0 N–H and O–H groups in total. The second-order valence-electron chi connectivity index (χ2n) is 7.47. The number of halogens is 2. The lowest BCUT2D eigenvalue weighted by Gasteiger charge is -2.22. The molecule has 2 aliphatic rings. The molecular weight excluding hydrogens is 391 g/mol. The Morgan fingerprint density at radius 1 is 1.21 bits per heavy atom. The van der Waals surface area contributed by atoms with Gasteiger partial charge in [-0.25, -0.2) is 4.39 Å². The fraction of sp³-hybridized carbons (Fsp3) is 0.304. The zero-order chi connectivity index (χ0) is 20.4. The molecule has 150 valence electrons. The van der Waals surface area contributed by atoms with Crippen molar-refractivity contribution in [3.05, 3.63) is 70.5 Å². The van der Waals surface area contributed by atoms with Crippen LogP contribution in [-0.4, -0.2) is 29.3 Å². The second-order valence-corrected chi connectivity index (χ2v) is 7.88. The summed E-state index contributed by atoms with van der Waals surface area (Å²) < 4.78 is 14.1. The number of benzene rings is 2. The van der Waals surface area contributed by atoms with E-state index in [1.54, 1.807) is 28.0 Å². The van der Waals surface area contributed by atoms with Crippen LogP contribution in [0.5, 0.6) is 0 Å². The van der Waals surface area contributed by atoms with Crippen molar-refractivity contribution in [3.63, 3.8) is 0 Å². The zero-order valence-electron chi connectivity index (χ0n) is 16.0. The number of amides is 2. The molecule has 0 unspecified atom stereocenters. The van der Waals surface area contributed by atoms with Crippen LogP contribution in [0.25, 0.3) is 6.08 Å². The number of rotatable bonds is 6. The molecule has 1 saturated carbocycles. The Morgan fingerprint density at radius 2 is 1.97 bits per heavy atom. The summed E-state index contributed by atoms with van der Waals surface area (Å²) in [4.78, 5) is 28.1. The maximum Gasteiger partial charge on any atom is 0.247 e. The van der Waals surface area contributed by atoms with Crippen LogP contribution >= 0.6 is 11.6 Å². The van der Waals surface area contributed by atoms with Crippen LogP contribution in [0.15, 0.2) is 48.5 Å². The third-order valence-corrected chi connectivity index (χ3v) is 5.71. The minimum Gasteiger partial charge on any atom is -0.332 e. The van der Waals surface area contributed by atoms with Gasteiger partial charge < -0.3 is 9.80 Å². The van der Waals surface area contributed by atoms with E-state index in [9.17, 15) is 14.0 Å². The minimum absolute atomic E-state index is 0.131. The second kappa shape index (κ2) is 8.37.